The smallest absolute Gasteiger partial charge is 0.507 e. The molecular formula is C15H10KO2+. The zero-order valence-electron chi connectivity index (χ0n) is 10.1. The maximum atomic E-state index is 12.2. The van der Waals surface area contributed by atoms with Crippen LogP contribution >= 0.6 is 0 Å². The van der Waals surface area contributed by atoms with Crippen LogP contribution in [0.1, 0.15) is 21.5 Å². The molecule has 82 valence electrons. The van der Waals surface area contributed by atoms with E-state index in [1.807, 2.05) is 36.4 Å². The van der Waals surface area contributed by atoms with Gasteiger partial charge in [-0.1, -0.05) is 54.6 Å². The van der Waals surface area contributed by atoms with E-state index < -0.39 is 0 Å². The maximum absolute atomic E-state index is 12.2. The van der Waals surface area contributed by atoms with Crippen molar-refractivity contribution < 1.29 is 61.3 Å². The Bertz CT molecular complexity index is 630. The van der Waals surface area contributed by atoms with Gasteiger partial charge in [0, 0.05) is 11.1 Å². The normalized spacial score (nSPS) is 13.2. The van der Waals surface area contributed by atoms with Crippen molar-refractivity contribution in [3.63, 3.8) is 0 Å². The third-order valence-corrected chi connectivity index (χ3v) is 2.95. The number of hydrogen-bond donors (Lipinski definition) is 1. The van der Waals surface area contributed by atoms with Gasteiger partial charge in [0.15, 0.2) is 5.78 Å². The fourth-order valence-electron chi connectivity index (χ4n) is 2.14. The number of carbonyl (C=O) groups is 1. The summed E-state index contributed by atoms with van der Waals surface area (Å²) in [6.07, 6.45) is 0. The van der Waals surface area contributed by atoms with Crippen LogP contribution in [0.15, 0.2) is 54.6 Å². The summed E-state index contributed by atoms with van der Waals surface area (Å²) in [5.74, 6) is -0.0268. The van der Waals surface area contributed by atoms with Gasteiger partial charge in [0.05, 0.1) is 5.57 Å². The zero-order chi connectivity index (χ0) is 11.8. The third kappa shape index (κ3) is 2.13. The summed E-state index contributed by atoms with van der Waals surface area (Å²) in [6, 6.07) is 16.4. The SMILES string of the molecule is O=C1C(c2ccccc2)=C(O)c2ccccc21.[K+]. The van der Waals surface area contributed by atoms with Gasteiger partial charge in [-0.3, -0.25) is 4.79 Å². The number of ketones is 1. The van der Waals surface area contributed by atoms with E-state index in [0.717, 1.165) is 5.56 Å². The van der Waals surface area contributed by atoms with E-state index in [4.69, 9.17) is 0 Å². The minimum atomic E-state index is -0.107. The second-order valence-electron chi connectivity index (χ2n) is 3.96. The number of carbonyl (C=O) groups excluding carboxylic acids is 1. The number of rotatable bonds is 1. The van der Waals surface area contributed by atoms with Crippen molar-refractivity contribution >= 4 is 17.1 Å². The predicted molar refractivity (Wildman–Crippen MR) is 66.7 cm³/mol. The van der Waals surface area contributed by atoms with E-state index in [0.29, 0.717) is 16.7 Å². The van der Waals surface area contributed by atoms with E-state index in [1.54, 1.807) is 18.2 Å². The Morgan fingerprint density at radius 3 is 1.94 bits per heavy atom. The van der Waals surface area contributed by atoms with Gasteiger partial charge in [0.1, 0.15) is 5.76 Å². The van der Waals surface area contributed by atoms with Gasteiger partial charge in [-0.05, 0) is 5.56 Å². The van der Waals surface area contributed by atoms with Crippen LogP contribution in [0.4, 0.5) is 0 Å². The summed E-state index contributed by atoms with van der Waals surface area (Å²) in [4.78, 5) is 12.2. The van der Waals surface area contributed by atoms with Crippen molar-refractivity contribution in [3.8, 4) is 0 Å². The number of aliphatic hydroxyl groups is 1. The first-order valence-electron chi connectivity index (χ1n) is 5.42. The van der Waals surface area contributed by atoms with Gasteiger partial charge in [-0.15, -0.1) is 0 Å². The molecule has 0 radical (unpaired) electrons. The number of Topliss-reactive ketones (excluding diaryl/α,β-unsaturated/α-hetero) is 1. The van der Waals surface area contributed by atoms with Crippen LogP contribution in [0.25, 0.3) is 11.3 Å². The van der Waals surface area contributed by atoms with Crippen molar-refractivity contribution in [1.29, 1.82) is 0 Å². The first kappa shape index (κ1) is 13.7. The molecule has 1 aliphatic carbocycles. The summed E-state index contributed by atoms with van der Waals surface area (Å²) < 4.78 is 0. The molecule has 0 saturated heterocycles. The molecule has 18 heavy (non-hydrogen) atoms. The minimum Gasteiger partial charge on any atom is -0.507 e. The van der Waals surface area contributed by atoms with Gasteiger partial charge in [0.25, 0.3) is 0 Å². The summed E-state index contributed by atoms with van der Waals surface area (Å²) in [6.45, 7) is 0. The standard InChI is InChI=1S/C15H10O2.K/c16-14-11-8-4-5-9-12(11)15(17)13(14)10-6-2-1-3-7-10;/h1-9,16H;/q;+1. The average molecular weight is 261 g/mol. The summed E-state index contributed by atoms with van der Waals surface area (Å²) >= 11 is 0. The average Bonchev–Trinajstić information content (AvgIpc) is 2.64. The predicted octanol–water partition coefficient (Wildman–Crippen LogP) is 0.313. The fourth-order valence-corrected chi connectivity index (χ4v) is 2.14. The molecule has 0 amide bonds. The molecule has 0 fully saturated rings. The first-order chi connectivity index (χ1) is 8.29. The molecule has 0 spiro atoms. The van der Waals surface area contributed by atoms with E-state index in [2.05, 4.69) is 0 Å². The van der Waals surface area contributed by atoms with E-state index in [1.165, 1.54) is 0 Å². The molecule has 1 N–H and O–H groups in total. The number of fused-ring (bicyclic) bond motifs is 1. The molecule has 0 bridgehead atoms. The van der Waals surface area contributed by atoms with Gasteiger partial charge < -0.3 is 5.11 Å². The Balaban J connectivity index is 0.00000120. The van der Waals surface area contributed by atoms with Crippen molar-refractivity contribution in [2.24, 2.45) is 0 Å². The summed E-state index contributed by atoms with van der Waals surface area (Å²) in [5, 5.41) is 10.1. The number of aliphatic hydroxyl groups excluding tert-OH is 1. The van der Waals surface area contributed by atoms with Crippen LogP contribution < -0.4 is 51.4 Å². The largest absolute Gasteiger partial charge is 1.00 e. The Morgan fingerprint density at radius 1 is 0.778 bits per heavy atom. The number of allylic oxidation sites excluding steroid dienone is 1. The molecule has 0 aliphatic heterocycles. The molecular weight excluding hydrogens is 251 g/mol. The maximum Gasteiger partial charge on any atom is 1.00 e. The fraction of sp³-hybridized carbons (Fsp3) is 0. The van der Waals surface area contributed by atoms with Crippen molar-refractivity contribution in [2.75, 3.05) is 0 Å². The second-order valence-corrected chi connectivity index (χ2v) is 3.96. The van der Waals surface area contributed by atoms with E-state index in [9.17, 15) is 9.90 Å². The van der Waals surface area contributed by atoms with Gasteiger partial charge in [-0.25, -0.2) is 0 Å². The monoisotopic (exact) mass is 261 g/mol. The van der Waals surface area contributed by atoms with Gasteiger partial charge in [-0.2, -0.15) is 0 Å². The summed E-state index contributed by atoms with van der Waals surface area (Å²) in [5.41, 5.74) is 2.35. The second kappa shape index (κ2) is 5.51. The Hall–Kier alpha value is -0.714. The quantitative estimate of drug-likeness (QED) is 0.750. The molecule has 0 unspecified atom stereocenters. The third-order valence-electron chi connectivity index (χ3n) is 2.95. The molecule has 3 rings (SSSR count). The van der Waals surface area contributed by atoms with E-state index >= 15 is 0 Å². The zero-order valence-corrected chi connectivity index (χ0v) is 13.2. The minimum absolute atomic E-state index is 0. The van der Waals surface area contributed by atoms with Crippen molar-refractivity contribution in [3.05, 3.63) is 71.3 Å². The van der Waals surface area contributed by atoms with Gasteiger partial charge >= 0.3 is 51.4 Å². The molecule has 0 atom stereocenters. The Morgan fingerprint density at radius 2 is 1.33 bits per heavy atom. The molecule has 2 nitrogen and oxygen atoms in total. The van der Waals surface area contributed by atoms with Crippen LogP contribution in [-0.2, 0) is 0 Å². The molecule has 0 aromatic heterocycles. The van der Waals surface area contributed by atoms with Crippen molar-refractivity contribution in [2.45, 2.75) is 0 Å². The molecule has 0 heterocycles. The molecule has 2 aromatic rings. The summed E-state index contributed by atoms with van der Waals surface area (Å²) in [7, 11) is 0. The number of hydrogen-bond acceptors (Lipinski definition) is 2. The first-order valence-corrected chi connectivity index (χ1v) is 5.42. The Labute approximate surface area is 148 Å². The van der Waals surface area contributed by atoms with Gasteiger partial charge in [0.2, 0.25) is 0 Å². The van der Waals surface area contributed by atoms with Crippen LogP contribution in [0.3, 0.4) is 0 Å². The van der Waals surface area contributed by atoms with E-state index in [-0.39, 0.29) is 62.9 Å². The molecule has 0 saturated carbocycles. The molecule has 2 aromatic carbocycles. The van der Waals surface area contributed by atoms with Crippen LogP contribution in [-0.4, -0.2) is 10.9 Å². The van der Waals surface area contributed by atoms with Crippen LogP contribution in [0.5, 0.6) is 0 Å². The topological polar surface area (TPSA) is 37.3 Å². The van der Waals surface area contributed by atoms with Crippen LogP contribution in [0.2, 0.25) is 0 Å². The number of benzene rings is 2. The van der Waals surface area contributed by atoms with Crippen molar-refractivity contribution in [1.82, 2.24) is 0 Å². The van der Waals surface area contributed by atoms with Crippen LogP contribution in [0, 0.1) is 0 Å². The molecule has 3 heteroatoms. The Kier molecular flexibility index (Phi) is 4.20. The molecule has 1 aliphatic rings.